The van der Waals surface area contributed by atoms with Gasteiger partial charge in [0.05, 0.1) is 23.7 Å². The fourth-order valence-electron chi connectivity index (χ4n) is 3.40. The molecule has 4 N–H and O–H groups in total. The number of benzene rings is 1. The van der Waals surface area contributed by atoms with E-state index in [0.717, 1.165) is 29.3 Å². The highest BCUT2D eigenvalue weighted by molar-refractivity contribution is 5.81. The summed E-state index contributed by atoms with van der Waals surface area (Å²) in [5.74, 6) is -2.64. The van der Waals surface area contributed by atoms with Gasteiger partial charge >= 0.3 is 12.4 Å². The van der Waals surface area contributed by atoms with E-state index < -0.39 is 54.3 Å². The number of aliphatic hydroxyl groups is 1. The van der Waals surface area contributed by atoms with E-state index >= 15 is 0 Å². The molecule has 5 atom stereocenters. The Labute approximate surface area is 155 Å². The predicted molar refractivity (Wildman–Crippen MR) is 83.8 cm³/mol. The second-order valence-electron chi connectivity index (χ2n) is 6.40. The largest absolute Gasteiger partial charge is 0.416 e. The van der Waals surface area contributed by atoms with Gasteiger partial charge in [-0.2, -0.15) is 26.3 Å². The summed E-state index contributed by atoms with van der Waals surface area (Å²) in [5.41, 5.74) is 1.51. The maximum Gasteiger partial charge on any atom is 0.416 e. The first-order chi connectivity index (χ1) is 12.9. The van der Waals surface area contributed by atoms with E-state index in [-0.39, 0.29) is 5.56 Å². The van der Waals surface area contributed by atoms with Crippen LogP contribution in [0.5, 0.6) is 0 Å². The quantitative estimate of drug-likeness (QED) is 0.450. The summed E-state index contributed by atoms with van der Waals surface area (Å²) in [6.07, 6.45) is -11.0. The summed E-state index contributed by atoms with van der Waals surface area (Å²) >= 11 is 0. The maximum absolute atomic E-state index is 13.4. The Morgan fingerprint density at radius 3 is 2.25 bits per heavy atom. The number of carbonyl (C=O) groups is 1. The second-order valence-corrected chi connectivity index (χ2v) is 6.40. The van der Waals surface area contributed by atoms with Gasteiger partial charge in [-0.15, -0.1) is 6.58 Å². The van der Waals surface area contributed by atoms with Crippen molar-refractivity contribution in [2.45, 2.75) is 37.0 Å². The number of nitrogens with one attached hydrogen (secondary N) is 3. The molecule has 0 radical (unpaired) electrons. The highest BCUT2D eigenvalue weighted by Gasteiger charge is 2.60. The third-order valence-corrected chi connectivity index (χ3v) is 4.65. The summed E-state index contributed by atoms with van der Waals surface area (Å²) < 4.78 is 78.5. The molecule has 5 unspecified atom stereocenters. The van der Waals surface area contributed by atoms with Crippen molar-refractivity contribution in [3.8, 4) is 0 Å². The number of fused-ring (bicyclic) bond motifs is 1. The third kappa shape index (κ3) is 3.72. The minimum Gasteiger partial charge on any atom is -0.361 e. The van der Waals surface area contributed by atoms with Crippen LogP contribution in [0.3, 0.4) is 0 Å². The van der Waals surface area contributed by atoms with Crippen LogP contribution in [0.1, 0.15) is 17.2 Å². The van der Waals surface area contributed by atoms with Crippen LogP contribution >= 0.6 is 0 Å². The van der Waals surface area contributed by atoms with E-state index in [1.165, 1.54) is 6.08 Å². The van der Waals surface area contributed by atoms with Crippen molar-refractivity contribution in [3.05, 3.63) is 48.0 Å². The minimum atomic E-state index is -4.79. The molecule has 2 saturated heterocycles. The molecule has 2 aliphatic rings. The van der Waals surface area contributed by atoms with Crippen LogP contribution in [-0.4, -0.2) is 40.8 Å². The smallest absolute Gasteiger partial charge is 0.361 e. The number of carbonyl (C=O) groups excluding carboxylic acids is 1. The van der Waals surface area contributed by atoms with Crippen LogP contribution in [0.4, 0.5) is 26.3 Å². The lowest BCUT2D eigenvalue weighted by Gasteiger charge is -2.37. The lowest BCUT2D eigenvalue weighted by atomic mass is 9.94. The zero-order valence-electron chi connectivity index (χ0n) is 14.1. The van der Waals surface area contributed by atoms with Crippen molar-refractivity contribution >= 4 is 5.91 Å². The van der Waals surface area contributed by atoms with Crippen molar-refractivity contribution in [2.75, 3.05) is 0 Å². The monoisotopic (exact) mass is 410 g/mol. The van der Waals surface area contributed by atoms with Gasteiger partial charge in [-0.3, -0.25) is 10.1 Å². The Bertz CT molecular complexity index is 751. The summed E-state index contributed by atoms with van der Waals surface area (Å²) in [5, 5.41) is 15.1. The van der Waals surface area contributed by atoms with E-state index in [2.05, 4.69) is 17.3 Å². The minimum absolute atomic E-state index is 0.222. The summed E-state index contributed by atoms with van der Waals surface area (Å²) in [7, 11) is 0. The Kier molecular flexibility index (Phi) is 5.17. The van der Waals surface area contributed by atoms with Crippen molar-refractivity contribution in [2.24, 2.45) is 5.92 Å². The third-order valence-electron chi connectivity index (χ3n) is 4.65. The average Bonchev–Trinajstić information content (AvgIpc) is 2.95. The van der Waals surface area contributed by atoms with Gasteiger partial charge in [0.1, 0.15) is 6.04 Å². The zero-order valence-corrected chi connectivity index (χ0v) is 14.1. The predicted octanol–water partition coefficient (Wildman–Crippen LogP) is 1.62. The molecule has 0 spiro atoms. The van der Waals surface area contributed by atoms with Crippen LogP contribution in [0.15, 0.2) is 36.9 Å². The Balaban J connectivity index is 1.95. The molecular weight excluding hydrogens is 394 g/mol. The van der Waals surface area contributed by atoms with Gasteiger partial charge in [-0.25, -0.2) is 10.4 Å². The van der Waals surface area contributed by atoms with E-state index in [9.17, 15) is 36.2 Å². The molecule has 2 heterocycles. The molecule has 0 aromatic heterocycles. The van der Waals surface area contributed by atoms with E-state index in [1.54, 1.807) is 0 Å². The Hall–Kier alpha value is -2.15. The van der Waals surface area contributed by atoms with E-state index in [4.69, 9.17) is 0 Å². The van der Waals surface area contributed by atoms with Crippen molar-refractivity contribution < 1.29 is 36.2 Å². The van der Waals surface area contributed by atoms with Crippen LogP contribution in [0.25, 0.3) is 0 Å². The van der Waals surface area contributed by atoms with Crippen molar-refractivity contribution in [1.82, 2.24) is 21.1 Å². The lowest BCUT2D eigenvalue weighted by molar-refractivity contribution is -0.172. The van der Waals surface area contributed by atoms with Crippen molar-refractivity contribution in [1.29, 1.82) is 0 Å². The first kappa shape index (κ1) is 20.6. The molecule has 0 aliphatic carbocycles. The van der Waals surface area contributed by atoms with Gasteiger partial charge in [-0.05, 0) is 17.7 Å². The molecule has 2 fully saturated rings. The summed E-state index contributed by atoms with van der Waals surface area (Å²) in [4.78, 5) is 12.1. The number of hydrazine groups is 1. The van der Waals surface area contributed by atoms with Gasteiger partial charge in [0, 0.05) is 0 Å². The number of hydrogen-bond donors (Lipinski definition) is 4. The SMILES string of the molecule is C=CC(c1ccc(C(F)(F)F)cc1)N1NC(C(F)(F)F)C2C(=O)NC(O)NC21. The molecule has 0 bridgehead atoms. The molecule has 6 nitrogen and oxygen atoms in total. The first-order valence-corrected chi connectivity index (χ1v) is 8.09. The molecule has 1 aromatic carbocycles. The zero-order chi connectivity index (χ0) is 20.9. The molecule has 1 amide bonds. The Morgan fingerprint density at radius 2 is 1.75 bits per heavy atom. The van der Waals surface area contributed by atoms with Gasteiger partial charge in [-0.1, -0.05) is 18.2 Å². The average molecular weight is 410 g/mol. The van der Waals surface area contributed by atoms with Gasteiger partial charge in [0.25, 0.3) is 0 Å². The van der Waals surface area contributed by atoms with E-state index in [1.807, 2.05) is 5.32 Å². The van der Waals surface area contributed by atoms with Gasteiger partial charge < -0.3 is 10.4 Å². The number of aliphatic hydroxyl groups excluding tert-OH is 1. The number of hydrogen-bond acceptors (Lipinski definition) is 5. The summed E-state index contributed by atoms with van der Waals surface area (Å²) in [6, 6.07) is 0.577. The van der Waals surface area contributed by atoms with Crippen LogP contribution in [-0.2, 0) is 11.0 Å². The number of alkyl halides is 6. The Morgan fingerprint density at radius 1 is 1.14 bits per heavy atom. The molecule has 2 aliphatic heterocycles. The van der Waals surface area contributed by atoms with Crippen LogP contribution in [0.2, 0.25) is 0 Å². The highest BCUT2D eigenvalue weighted by atomic mass is 19.4. The number of amides is 1. The first-order valence-electron chi connectivity index (χ1n) is 8.09. The second kappa shape index (κ2) is 7.03. The molecule has 12 heteroatoms. The maximum atomic E-state index is 13.4. The molecular formula is C16H16F6N4O2. The molecule has 1 aromatic rings. The fraction of sp³-hybridized carbons (Fsp3) is 0.438. The number of halogens is 6. The standard InChI is InChI=1S/C16H16F6N4O2/c1-2-9(7-3-5-8(6-4-7)15(17,18)19)26-12-10(11(25-26)16(20,21)22)13(27)24-14(28)23-12/h2-6,9-12,14,23,25,28H,1H2,(H,24,27). The lowest BCUT2D eigenvalue weighted by Crippen LogP contribution is -2.65. The summed E-state index contributed by atoms with van der Waals surface area (Å²) in [6.45, 7) is 3.54. The van der Waals surface area contributed by atoms with Crippen LogP contribution in [0, 0.1) is 5.92 Å². The molecule has 0 saturated carbocycles. The normalized spacial score (nSPS) is 29.9. The van der Waals surface area contributed by atoms with Gasteiger partial charge in [0.2, 0.25) is 5.91 Å². The topological polar surface area (TPSA) is 76.6 Å². The fourth-order valence-corrected chi connectivity index (χ4v) is 3.40. The molecule has 28 heavy (non-hydrogen) atoms. The van der Waals surface area contributed by atoms with Gasteiger partial charge in [0.15, 0.2) is 6.35 Å². The highest BCUT2D eigenvalue weighted by Crippen LogP contribution is 2.39. The number of rotatable bonds is 3. The van der Waals surface area contributed by atoms with Crippen molar-refractivity contribution in [3.63, 3.8) is 0 Å². The molecule has 154 valence electrons. The van der Waals surface area contributed by atoms with Crippen LogP contribution < -0.4 is 16.1 Å². The number of nitrogens with zero attached hydrogens (tertiary/aromatic N) is 1. The molecule has 3 rings (SSSR count). The van der Waals surface area contributed by atoms with E-state index in [0.29, 0.717) is 0 Å².